The van der Waals surface area contributed by atoms with Gasteiger partial charge in [-0.2, -0.15) is 0 Å². The normalized spacial score (nSPS) is 30.9. The first-order chi connectivity index (χ1) is 9.93. The van der Waals surface area contributed by atoms with Gasteiger partial charge < -0.3 is 15.3 Å². The number of nitrogens with one attached hydrogen (secondary N) is 1. The molecule has 21 heavy (non-hydrogen) atoms. The summed E-state index contributed by atoms with van der Waals surface area (Å²) >= 11 is 0. The van der Waals surface area contributed by atoms with Crippen molar-refractivity contribution in [3.8, 4) is 0 Å². The predicted octanol–water partition coefficient (Wildman–Crippen LogP) is 2.88. The summed E-state index contributed by atoms with van der Waals surface area (Å²) in [7, 11) is 0. The van der Waals surface area contributed by atoms with Crippen molar-refractivity contribution in [1.82, 2.24) is 10.2 Å². The quantitative estimate of drug-likeness (QED) is 0.758. The maximum atomic E-state index is 9.03. The Balaban J connectivity index is 1.88. The van der Waals surface area contributed by atoms with Crippen molar-refractivity contribution in [2.75, 3.05) is 26.2 Å². The van der Waals surface area contributed by atoms with Crippen LogP contribution in [-0.4, -0.2) is 48.3 Å². The van der Waals surface area contributed by atoms with Gasteiger partial charge in [0.15, 0.2) is 0 Å². The average Bonchev–Trinajstić information content (AvgIpc) is 2.42. The zero-order valence-electron chi connectivity index (χ0n) is 14.6. The number of hydrogen-bond donors (Lipinski definition) is 2. The molecule has 1 aliphatic heterocycles. The molecule has 0 aromatic rings. The van der Waals surface area contributed by atoms with E-state index in [0.29, 0.717) is 18.1 Å². The highest BCUT2D eigenvalue weighted by atomic mass is 16.2. The van der Waals surface area contributed by atoms with E-state index < -0.39 is 0 Å². The van der Waals surface area contributed by atoms with Crippen molar-refractivity contribution in [2.45, 2.75) is 71.9 Å². The Labute approximate surface area is 131 Å². The van der Waals surface area contributed by atoms with Crippen molar-refractivity contribution in [3.63, 3.8) is 0 Å². The number of likely N-dealkylation sites (tertiary alicyclic amines) is 1. The molecule has 2 bridgehead atoms. The molecule has 2 N–H and O–H groups in total. The molecule has 1 saturated heterocycles. The third kappa shape index (κ3) is 4.67. The average molecular weight is 296 g/mol. The minimum atomic E-state index is 0.298. The van der Waals surface area contributed by atoms with Crippen LogP contribution < -0.4 is 5.32 Å². The van der Waals surface area contributed by atoms with Gasteiger partial charge in [-0.15, -0.1) is 0 Å². The summed E-state index contributed by atoms with van der Waals surface area (Å²) in [6.45, 7) is 13.3. The van der Waals surface area contributed by atoms with Crippen LogP contribution in [0.5, 0.6) is 0 Å². The number of nitrogens with zero attached hydrogens (tertiary/aromatic N) is 1. The Morgan fingerprint density at radius 2 is 1.81 bits per heavy atom. The van der Waals surface area contributed by atoms with Crippen LogP contribution in [0.25, 0.3) is 0 Å². The first kappa shape index (κ1) is 17.2. The van der Waals surface area contributed by atoms with E-state index in [2.05, 4.69) is 37.9 Å². The van der Waals surface area contributed by atoms with Crippen molar-refractivity contribution in [3.05, 3.63) is 0 Å². The van der Waals surface area contributed by atoms with E-state index >= 15 is 0 Å². The lowest BCUT2D eigenvalue weighted by Crippen LogP contribution is -2.59. The van der Waals surface area contributed by atoms with Gasteiger partial charge in [-0.3, -0.25) is 0 Å². The fraction of sp³-hybridized carbons (Fsp3) is 1.00. The van der Waals surface area contributed by atoms with Crippen molar-refractivity contribution < 1.29 is 5.11 Å². The SMILES string of the molecule is CC(C)N1CC2CCCC(C1)C2NCC(C)(C)CCCO. The molecule has 2 aliphatic rings. The van der Waals surface area contributed by atoms with Gasteiger partial charge in [-0.1, -0.05) is 20.3 Å². The highest BCUT2D eigenvalue weighted by Crippen LogP contribution is 2.36. The smallest absolute Gasteiger partial charge is 0.0431 e. The van der Waals surface area contributed by atoms with Gasteiger partial charge in [-0.25, -0.2) is 0 Å². The molecule has 1 aliphatic carbocycles. The zero-order chi connectivity index (χ0) is 15.5. The maximum Gasteiger partial charge on any atom is 0.0431 e. The van der Waals surface area contributed by atoms with Crippen LogP contribution in [0.1, 0.15) is 59.8 Å². The molecule has 2 fully saturated rings. The van der Waals surface area contributed by atoms with Crippen LogP contribution in [0.3, 0.4) is 0 Å². The van der Waals surface area contributed by atoms with E-state index in [1.165, 1.54) is 32.4 Å². The molecule has 3 heteroatoms. The second-order valence-electron chi connectivity index (χ2n) is 8.40. The Morgan fingerprint density at radius 1 is 1.19 bits per heavy atom. The summed E-state index contributed by atoms with van der Waals surface area (Å²) in [5.41, 5.74) is 0.298. The lowest BCUT2D eigenvalue weighted by atomic mass is 9.72. The zero-order valence-corrected chi connectivity index (χ0v) is 14.6. The summed E-state index contributed by atoms with van der Waals surface area (Å²) in [5.74, 6) is 1.68. The molecule has 2 rings (SSSR count). The van der Waals surface area contributed by atoms with E-state index in [1.54, 1.807) is 0 Å². The predicted molar refractivity (Wildman–Crippen MR) is 89.4 cm³/mol. The fourth-order valence-corrected chi connectivity index (χ4v) is 4.27. The second kappa shape index (κ2) is 7.43. The highest BCUT2D eigenvalue weighted by molar-refractivity contribution is 4.96. The third-order valence-electron chi connectivity index (χ3n) is 5.66. The molecule has 0 amide bonds. The van der Waals surface area contributed by atoms with Crippen molar-refractivity contribution >= 4 is 0 Å². The Morgan fingerprint density at radius 3 is 2.33 bits per heavy atom. The molecular formula is C18H36N2O. The minimum Gasteiger partial charge on any atom is -0.396 e. The summed E-state index contributed by atoms with van der Waals surface area (Å²) in [6, 6.07) is 1.41. The number of aliphatic hydroxyl groups excluding tert-OH is 1. The van der Waals surface area contributed by atoms with E-state index in [0.717, 1.165) is 37.3 Å². The largest absolute Gasteiger partial charge is 0.396 e. The molecule has 1 heterocycles. The first-order valence-corrected chi connectivity index (χ1v) is 9.01. The molecule has 2 atom stereocenters. The molecule has 0 spiro atoms. The lowest BCUT2D eigenvalue weighted by molar-refractivity contribution is 0.0254. The van der Waals surface area contributed by atoms with E-state index in [9.17, 15) is 0 Å². The second-order valence-corrected chi connectivity index (χ2v) is 8.40. The Hall–Kier alpha value is -0.120. The molecule has 1 saturated carbocycles. The molecule has 124 valence electrons. The van der Waals surface area contributed by atoms with Crippen LogP contribution >= 0.6 is 0 Å². The number of aliphatic hydroxyl groups is 1. The third-order valence-corrected chi connectivity index (χ3v) is 5.66. The van der Waals surface area contributed by atoms with Gasteiger partial charge in [-0.05, 0) is 56.8 Å². The number of rotatable bonds is 7. The molecule has 2 unspecified atom stereocenters. The van der Waals surface area contributed by atoms with Crippen molar-refractivity contribution in [2.24, 2.45) is 17.3 Å². The van der Waals surface area contributed by atoms with Gasteiger partial charge in [0.1, 0.15) is 0 Å². The van der Waals surface area contributed by atoms with Crippen molar-refractivity contribution in [1.29, 1.82) is 0 Å². The van der Waals surface area contributed by atoms with Crippen LogP contribution in [0.15, 0.2) is 0 Å². The maximum absolute atomic E-state index is 9.03. The van der Waals surface area contributed by atoms with Crippen LogP contribution in [0, 0.1) is 17.3 Å². The van der Waals surface area contributed by atoms with Gasteiger partial charge in [0.05, 0.1) is 0 Å². The van der Waals surface area contributed by atoms with Gasteiger partial charge in [0.2, 0.25) is 0 Å². The summed E-state index contributed by atoms with van der Waals surface area (Å²) in [5, 5.41) is 13.0. The number of piperidine rings is 1. The fourth-order valence-electron chi connectivity index (χ4n) is 4.27. The monoisotopic (exact) mass is 296 g/mol. The summed E-state index contributed by atoms with van der Waals surface area (Å²) in [6.07, 6.45) is 6.25. The highest BCUT2D eigenvalue weighted by Gasteiger charge is 2.40. The first-order valence-electron chi connectivity index (χ1n) is 9.01. The van der Waals surface area contributed by atoms with Gasteiger partial charge in [0, 0.05) is 38.3 Å². The number of fused-ring (bicyclic) bond motifs is 2. The summed E-state index contributed by atoms with van der Waals surface area (Å²) < 4.78 is 0. The number of hydrogen-bond acceptors (Lipinski definition) is 3. The van der Waals surface area contributed by atoms with E-state index in [4.69, 9.17) is 5.11 Å². The van der Waals surface area contributed by atoms with Crippen LogP contribution in [0.4, 0.5) is 0 Å². The molecule has 0 radical (unpaired) electrons. The lowest BCUT2D eigenvalue weighted by Gasteiger charge is -2.49. The molecule has 0 aromatic heterocycles. The van der Waals surface area contributed by atoms with Gasteiger partial charge >= 0.3 is 0 Å². The van der Waals surface area contributed by atoms with Crippen LogP contribution in [-0.2, 0) is 0 Å². The standard InChI is InChI=1S/C18H36N2O/c1-14(2)20-11-15-7-5-8-16(12-20)17(15)19-13-18(3,4)9-6-10-21/h14-17,19,21H,5-13H2,1-4H3. The van der Waals surface area contributed by atoms with Gasteiger partial charge in [0.25, 0.3) is 0 Å². The molecule has 3 nitrogen and oxygen atoms in total. The Bertz CT molecular complexity index is 302. The summed E-state index contributed by atoms with van der Waals surface area (Å²) in [4.78, 5) is 2.68. The van der Waals surface area contributed by atoms with E-state index in [1.807, 2.05) is 0 Å². The Kier molecular flexibility index (Phi) is 6.10. The van der Waals surface area contributed by atoms with E-state index in [-0.39, 0.29) is 0 Å². The molecular weight excluding hydrogens is 260 g/mol. The van der Waals surface area contributed by atoms with Crippen LogP contribution in [0.2, 0.25) is 0 Å². The molecule has 0 aromatic carbocycles. The topological polar surface area (TPSA) is 35.5 Å². The minimum absolute atomic E-state index is 0.298.